The zero-order valence-electron chi connectivity index (χ0n) is 12.4. The lowest BCUT2D eigenvalue weighted by Gasteiger charge is -2.22. The molecule has 0 amide bonds. The van der Waals surface area contributed by atoms with Crippen molar-refractivity contribution in [2.24, 2.45) is 0 Å². The number of ether oxygens (including phenoxy) is 2. The van der Waals surface area contributed by atoms with Gasteiger partial charge in [-0.3, -0.25) is 0 Å². The van der Waals surface area contributed by atoms with Crippen LogP contribution in [-0.4, -0.2) is 21.3 Å². The standard InChI is InChI=1S/C14H25O2PSi/c1-7-15-14(16-8-2)13-11(3)9-10-12(17-13)18(4,5)6/h9-10,14H,7-8H2,1-6H3. The van der Waals surface area contributed by atoms with Gasteiger partial charge in [-0.15, -0.1) is 0 Å². The van der Waals surface area contributed by atoms with Crippen molar-refractivity contribution in [3.05, 3.63) is 23.0 Å². The molecule has 0 saturated heterocycles. The van der Waals surface area contributed by atoms with Gasteiger partial charge in [0.2, 0.25) is 0 Å². The largest absolute Gasteiger partial charge is 0.348 e. The zero-order valence-corrected chi connectivity index (χ0v) is 14.3. The fourth-order valence-corrected chi connectivity index (χ4v) is 4.91. The van der Waals surface area contributed by atoms with Crippen molar-refractivity contribution in [1.29, 1.82) is 0 Å². The third-order valence-corrected chi connectivity index (χ3v) is 8.01. The molecule has 0 bridgehead atoms. The summed E-state index contributed by atoms with van der Waals surface area (Å²) < 4.78 is 11.5. The molecule has 0 aromatic carbocycles. The highest BCUT2D eigenvalue weighted by molar-refractivity contribution is 7.41. The molecular formula is C14H25O2PSi. The molecule has 0 unspecified atom stereocenters. The van der Waals surface area contributed by atoms with E-state index in [1.807, 2.05) is 13.8 Å². The summed E-state index contributed by atoms with van der Waals surface area (Å²) in [6.07, 6.45) is -0.182. The molecule has 102 valence electrons. The van der Waals surface area contributed by atoms with E-state index in [0.717, 1.165) is 0 Å². The Hall–Kier alpha value is -0.213. The minimum atomic E-state index is -1.25. The summed E-state index contributed by atoms with van der Waals surface area (Å²) in [7, 11) is 0.0490. The maximum Gasteiger partial charge on any atom is 0.188 e. The lowest BCUT2D eigenvalue weighted by molar-refractivity contribution is -0.138. The van der Waals surface area contributed by atoms with Gasteiger partial charge in [-0.2, -0.15) is 0 Å². The van der Waals surface area contributed by atoms with E-state index in [9.17, 15) is 0 Å². The van der Waals surface area contributed by atoms with Crippen molar-refractivity contribution in [2.75, 3.05) is 13.2 Å². The fourth-order valence-electron chi connectivity index (χ4n) is 1.71. The Balaban J connectivity index is 3.11. The topological polar surface area (TPSA) is 18.5 Å². The van der Waals surface area contributed by atoms with Crippen LogP contribution in [0.1, 0.15) is 31.0 Å². The van der Waals surface area contributed by atoms with Crippen LogP contribution in [0, 0.1) is 6.92 Å². The van der Waals surface area contributed by atoms with Gasteiger partial charge in [0.05, 0.1) is 8.07 Å². The van der Waals surface area contributed by atoms with Gasteiger partial charge in [0.1, 0.15) is 0 Å². The van der Waals surface area contributed by atoms with Crippen molar-refractivity contribution >= 4 is 21.2 Å². The molecule has 0 N–H and O–H groups in total. The van der Waals surface area contributed by atoms with Gasteiger partial charge in [0.15, 0.2) is 6.29 Å². The van der Waals surface area contributed by atoms with Crippen LogP contribution in [-0.2, 0) is 9.47 Å². The third kappa shape index (κ3) is 4.17. The molecule has 1 aromatic heterocycles. The van der Waals surface area contributed by atoms with Crippen molar-refractivity contribution in [2.45, 2.75) is 46.7 Å². The van der Waals surface area contributed by atoms with Gasteiger partial charge in [0.25, 0.3) is 0 Å². The molecule has 2 nitrogen and oxygen atoms in total. The summed E-state index contributed by atoms with van der Waals surface area (Å²) in [5.41, 5.74) is 1.28. The van der Waals surface area contributed by atoms with E-state index in [2.05, 4.69) is 38.7 Å². The van der Waals surface area contributed by atoms with E-state index in [4.69, 9.17) is 9.47 Å². The first-order chi connectivity index (χ1) is 8.40. The molecule has 0 spiro atoms. The molecular weight excluding hydrogens is 259 g/mol. The first-order valence-corrected chi connectivity index (χ1v) is 11.0. The summed E-state index contributed by atoms with van der Waals surface area (Å²) in [6.45, 7) is 14.7. The molecule has 0 radical (unpaired) electrons. The summed E-state index contributed by atoms with van der Waals surface area (Å²) in [6, 6.07) is 4.51. The lowest BCUT2D eigenvalue weighted by Crippen LogP contribution is -2.35. The normalized spacial score (nSPS) is 12.6. The van der Waals surface area contributed by atoms with Gasteiger partial charge in [-0.25, -0.2) is 0 Å². The van der Waals surface area contributed by atoms with E-state index in [0.29, 0.717) is 13.2 Å². The monoisotopic (exact) mass is 284 g/mol. The SMILES string of the molecule is CCOC(OCC)c1pc([Si](C)(C)C)ccc1C. The zero-order chi connectivity index (χ0) is 13.8. The Bertz CT molecular complexity index is 382. The quantitative estimate of drug-likeness (QED) is 0.576. The van der Waals surface area contributed by atoms with Crippen molar-refractivity contribution < 1.29 is 9.47 Å². The molecule has 1 aromatic rings. The van der Waals surface area contributed by atoms with Gasteiger partial charge in [-0.05, 0) is 31.3 Å². The first kappa shape index (κ1) is 15.8. The third-order valence-electron chi connectivity index (χ3n) is 2.76. The molecule has 1 rings (SSSR count). The maximum atomic E-state index is 5.73. The van der Waals surface area contributed by atoms with Gasteiger partial charge in [0, 0.05) is 18.5 Å². The van der Waals surface area contributed by atoms with Gasteiger partial charge >= 0.3 is 0 Å². The fraction of sp³-hybridized carbons (Fsp3) is 0.643. The second-order valence-corrected chi connectivity index (χ2v) is 12.0. The molecule has 0 atom stereocenters. The van der Waals surface area contributed by atoms with Crippen LogP contribution < -0.4 is 4.92 Å². The molecule has 0 aliphatic carbocycles. The van der Waals surface area contributed by atoms with Crippen molar-refractivity contribution in [1.82, 2.24) is 0 Å². The Kier molecular flexibility index (Phi) is 5.99. The maximum absolute atomic E-state index is 5.73. The smallest absolute Gasteiger partial charge is 0.188 e. The van der Waals surface area contributed by atoms with Crippen molar-refractivity contribution in [3.63, 3.8) is 0 Å². The number of hydrogen-bond donors (Lipinski definition) is 0. The average Bonchev–Trinajstić information content (AvgIpc) is 2.28. The predicted molar refractivity (Wildman–Crippen MR) is 82.7 cm³/mol. The van der Waals surface area contributed by atoms with Crippen LogP contribution in [0.15, 0.2) is 12.1 Å². The lowest BCUT2D eigenvalue weighted by atomic mass is 10.2. The van der Waals surface area contributed by atoms with E-state index in [-0.39, 0.29) is 6.29 Å². The minimum Gasteiger partial charge on any atom is -0.348 e. The Morgan fingerprint density at radius 1 is 1.11 bits per heavy atom. The van der Waals surface area contributed by atoms with Crippen molar-refractivity contribution in [3.8, 4) is 0 Å². The highest BCUT2D eigenvalue weighted by atomic mass is 31.0. The summed E-state index contributed by atoms with van der Waals surface area (Å²) >= 11 is 0. The average molecular weight is 284 g/mol. The van der Waals surface area contributed by atoms with Crippen LogP contribution in [0.4, 0.5) is 0 Å². The highest BCUT2D eigenvalue weighted by Gasteiger charge is 2.21. The van der Waals surface area contributed by atoms with Crippen LogP contribution >= 0.6 is 8.19 Å². The summed E-state index contributed by atoms with van der Waals surface area (Å²) in [5.74, 6) is 0. The molecule has 0 fully saturated rings. The van der Waals surface area contributed by atoms with E-state index >= 15 is 0 Å². The number of rotatable bonds is 6. The summed E-state index contributed by atoms with van der Waals surface area (Å²) in [5, 5.41) is 1.28. The second-order valence-electron chi connectivity index (χ2n) is 5.39. The second kappa shape index (κ2) is 6.81. The first-order valence-electron chi connectivity index (χ1n) is 6.61. The van der Waals surface area contributed by atoms with Crippen LogP contribution in [0.5, 0.6) is 0 Å². The van der Waals surface area contributed by atoms with Gasteiger partial charge < -0.3 is 9.47 Å². The molecule has 1 heterocycles. The summed E-state index contributed by atoms with van der Waals surface area (Å²) in [4.78, 5) is 1.55. The number of hydrogen-bond acceptors (Lipinski definition) is 2. The molecule has 0 aliphatic rings. The Labute approximate surface area is 114 Å². The Morgan fingerprint density at radius 2 is 1.67 bits per heavy atom. The van der Waals surface area contributed by atoms with E-state index in [1.165, 1.54) is 19.1 Å². The minimum absolute atomic E-state index is 0.182. The van der Waals surface area contributed by atoms with Crippen LogP contribution in [0.2, 0.25) is 19.6 Å². The van der Waals surface area contributed by atoms with E-state index < -0.39 is 8.07 Å². The molecule has 18 heavy (non-hydrogen) atoms. The highest BCUT2D eigenvalue weighted by Crippen LogP contribution is 2.30. The van der Waals surface area contributed by atoms with E-state index in [1.54, 1.807) is 4.92 Å². The van der Waals surface area contributed by atoms with Crippen LogP contribution in [0.25, 0.3) is 0 Å². The number of aryl methyl sites for hydroxylation is 1. The Morgan fingerprint density at radius 3 is 2.11 bits per heavy atom. The van der Waals surface area contributed by atoms with Crippen LogP contribution in [0.3, 0.4) is 0 Å². The molecule has 0 aliphatic heterocycles. The van der Waals surface area contributed by atoms with Gasteiger partial charge in [-0.1, -0.05) is 40.0 Å². The molecule has 4 heteroatoms. The molecule has 0 saturated carbocycles. The predicted octanol–water partition coefficient (Wildman–Crippen LogP) is 4.19.